The van der Waals surface area contributed by atoms with E-state index < -0.39 is 17.4 Å². The average Bonchev–Trinajstić information content (AvgIpc) is 3.65. The van der Waals surface area contributed by atoms with Gasteiger partial charge in [0.1, 0.15) is 0 Å². The Bertz CT molecular complexity index is 1800. The number of benzene rings is 2. The van der Waals surface area contributed by atoms with Crippen LogP contribution in [0.25, 0.3) is 22.4 Å². The Kier molecular flexibility index (Phi) is 8.25. The molecule has 3 aromatic heterocycles. The standard InChI is InChI=1S/C30H28N8O4S/c1-17-37-38-28(42-17)27(41)36-30(2,3)24-14-20(11-12-32-24)19-5-4-6-21(13-19)23-16-43-29(34-23)35-25(39)15-33-26(40)18-7-9-22(31)10-8-18/h4-14,16H,15,31H2,1-3H3,(H,33,40)(H,36,41)(H,34,35,39). The molecule has 3 amide bonds. The molecule has 5 rings (SSSR count). The van der Waals surface area contributed by atoms with Crippen LogP contribution in [0.5, 0.6) is 0 Å². The van der Waals surface area contributed by atoms with Crippen LogP contribution >= 0.6 is 11.3 Å². The van der Waals surface area contributed by atoms with E-state index in [0.29, 0.717) is 33.7 Å². The molecule has 3 heterocycles. The van der Waals surface area contributed by atoms with Crippen LogP contribution in [0.4, 0.5) is 10.8 Å². The Labute approximate surface area is 250 Å². The second-order valence-corrected chi connectivity index (χ2v) is 11.0. The first-order valence-corrected chi connectivity index (χ1v) is 14.0. The molecule has 0 fully saturated rings. The lowest BCUT2D eigenvalue weighted by atomic mass is 9.95. The first-order valence-electron chi connectivity index (χ1n) is 13.2. The van der Waals surface area contributed by atoms with E-state index in [0.717, 1.165) is 16.7 Å². The molecule has 0 radical (unpaired) electrons. The summed E-state index contributed by atoms with van der Waals surface area (Å²) in [4.78, 5) is 46.3. The Hall–Kier alpha value is -5.43. The number of thiazole rings is 1. The van der Waals surface area contributed by atoms with Crippen molar-refractivity contribution < 1.29 is 18.8 Å². The van der Waals surface area contributed by atoms with E-state index in [2.05, 4.69) is 36.1 Å². The first-order chi connectivity index (χ1) is 20.6. The number of rotatable bonds is 9. The molecule has 0 aliphatic heterocycles. The smallest absolute Gasteiger partial charge is 0.309 e. The maximum Gasteiger partial charge on any atom is 0.309 e. The number of pyridine rings is 1. The monoisotopic (exact) mass is 596 g/mol. The molecular formula is C30H28N8O4S. The van der Waals surface area contributed by atoms with Gasteiger partial charge in [-0.1, -0.05) is 18.2 Å². The van der Waals surface area contributed by atoms with Gasteiger partial charge in [0.05, 0.1) is 23.5 Å². The number of nitrogens with one attached hydrogen (secondary N) is 3. The van der Waals surface area contributed by atoms with Crippen LogP contribution in [0, 0.1) is 6.92 Å². The van der Waals surface area contributed by atoms with Crippen LogP contribution in [-0.4, -0.2) is 44.4 Å². The van der Waals surface area contributed by atoms with Crippen LogP contribution in [-0.2, 0) is 10.3 Å². The fraction of sp³-hybridized carbons (Fsp3) is 0.167. The average molecular weight is 597 g/mol. The zero-order valence-electron chi connectivity index (χ0n) is 23.5. The molecule has 0 saturated carbocycles. The number of nitrogen functional groups attached to an aromatic ring is 1. The first kappa shape index (κ1) is 29.1. The van der Waals surface area contributed by atoms with E-state index in [1.54, 1.807) is 37.4 Å². The highest BCUT2D eigenvalue weighted by Gasteiger charge is 2.27. The molecule has 5 aromatic rings. The third-order valence-electron chi connectivity index (χ3n) is 6.37. The molecule has 13 heteroatoms. The Morgan fingerprint density at radius 1 is 0.953 bits per heavy atom. The normalized spacial score (nSPS) is 11.1. The second kappa shape index (κ2) is 12.2. The molecule has 0 aliphatic carbocycles. The topological polar surface area (TPSA) is 178 Å². The van der Waals surface area contributed by atoms with Gasteiger partial charge in [-0.25, -0.2) is 4.98 Å². The highest BCUT2D eigenvalue weighted by molar-refractivity contribution is 7.14. The molecule has 218 valence electrons. The van der Waals surface area contributed by atoms with Gasteiger partial charge in [0.2, 0.25) is 11.8 Å². The molecule has 0 atom stereocenters. The Balaban J connectivity index is 1.24. The van der Waals surface area contributed by atoms with Gasteiger partial charge in [0, 0.05) is 35.3 Å². The fourth-order valence-corrected chi connectivity index (χ4v) is 4.86. The lowest BCUT2D eigenvalue weighted by molar-refractivity contribution is -0.115. The fourth-order valence-electron chi connectivity index (χ4n) is 4.12. The number of hydrogen-bond acceptors (Lipinski definition) is 10. The van der Waals surface area contributed by atoms with Crippen molar-refractivity contribution in [3.05, 3.63) is 95.3 Å². The van der Waals surface area contributed by atoms with Crippen molar-refractivity contribution in [1.29, 1.82) is 0 Å². The number of hydrogen-bond donors (Lipinski definition) is 4. The molecule has 0 aliphatic rings. The van der Waals surface area contributed by atoms with Gasteiger partial charge in [0.15, 0.2) is 5.13 Å². The van der Waals surface area contributed by atoms with E-state index in [1.165, 1.54) is 11.3 Å². The summed E-state index contributed by atoms with van der Waals surface area (Å²) in [7, 11) is 0. The summed E-state index contributed by atoms with van der Waals surface area (Å²) < 4.78 is 5.24. The number of nitrogens with zero attached hydrogens (tertiary/aromatic N) is 4. The van der Waals surface area contributed by atoms with Crippen molar-refractivity contribution in [1.82, 2.24) is 30.8 Å². The second-order valence-electron chi connectivity index (χ2n) is 10.1. The lowest BCUT2D eigenvalue weighted by Gasteiger charge is -2.25. The number of carbonyl (C=O) groups excluding carboxylic acids is 3. The van der Waals surface area contributed by atoms with Gasteiger partial charge in [-0.2, -0.15) is 0 Å². The van der Waals surface area contributed by atoms with E-state index in [9.17, 15) is 14.4 Å². The largest absolute Gasteiger partial charge is 0.417 e. The van der Waals surface area contributed by atoms with Crippen molar-refractivity contribution in [2.45, 2.75) is 26.3 Å². The minimum Gasteiger partial charge on any atom is -0.417 e. The lowest BCUT2D eigenvalue weighted by Crippen LogP contribution is -2.41. The van der Waals surface area contributed by atoms with Crippen LogP contribution in [0.1, 0.15) is 46.5 Å². The van der Waals surface area contributed by atoms with Crippen LogP contribution in [0.3, 0.4) is 0 Å². The maximum absolute atomic E-state index is 12.6. The van der Waals surface area contributed by atoms with Gasteiger partial charge in [-0.05, 0) is 67.4 Å². The number of amides is 3. The van der Waals surface area contributed by atoms with Crippen LogP contribution in [0.15, 0.2) is 76.7 Å². The summed E-state index contributed by atoms with van der Waals surface area (Å²) in [5.41, 5.74) is 9.76. The van der Waals surface area contributed by atoms with Gasteiger partial charge in [0.25, 0.3) is 5.91 Å². The molecule has 0 unspecified atom stereocenters. The molecular weight excluding hydrogens is 568 g/mol. The maximum atomic E-state index is 12.6. The minimum absolute atomic E-state index is 0.115. The van der Waals surface area contributed by atoms with Gasteiger partial charge < -0.3 is 26.1 Å². The van der Waals surface area contributed by atoms with Crippen molar-refractivity contribution in [2.24, 2.45) is 0 Å². The number of anilines is 2. The summed E-state index contributed by atoms with van der Waals surface area (Å²) in [5, 5.41) is 17.9. The van der Waals surface area contributed by atoms with E-state index in [-0.39, 0.29) is 18.3 Å². The summed E-state index contributed by atoms with van der Waals surface area (Å²) in [5.74, 6) is -1.08. The summed E-state index contributed by atoms with van der Waals surface area (Å²) in [6.07, 6.45) is 1.69. The highest BCUT2D eigenvalue weighted by atomic mass is 32.1. The van der Waals surface area contributed by atoms with Crippen molar-refractivity contribution in [3.8, 4) is 22.4 Å². The molecule has 0 spiro atoms. The van der Waals surface area contributed by atoms with E-state index in [1.807, 2.05) is 55.6 Å². The van der Waals surface area contributed by atoms with Crippen LogP contribution < -0.4 is 21.7 Å². The quantitative estimate of drug-likeness (QED) is 0.182. The van der Waals surface area contributed by atoms with Crippen molar-refractivity contribution in [3.63, 3.8) is 0 Å². The zero-order valence-corrected chi connectivity index (χ0v) is 24.4. The number of carbonyl (C=O) groups is 3. The van der Waals surface area contributed by atoms with Crippen molar-refractivity contribution in [2.75, 3.05) is 17.6 Å². The van der Waals surface area contributed by atoms with E-state index >= 15 is 0 Å². The summed E-state index contributed by atoms with van der Waals surface area (Å²) in [6, 6.07) is 18.0. The van der Waals surface area contributed by atoms with E-state index in [4.69, 9.17) is 10.2 Å². The van der Waals surface area contributed by atoms with Gasteiger partial charge in [-0.15, -0.1) is 21.5 Å². The molecule has 2 aromatic carbocycles. The molecule has 0 bridgehead atoms. The molecule has 43 heavy (non-hydrogen) atoms. The molecule has 0 saturated heterocycles. The van der Waals surface area contributed by atoms with Crippen molar-refractivity contribution >= 4 is 39.9 Å². The summed E-state index contributed by atoms with van der Waals surface area (Å²) >= 11 is 1.28. The predicted octanol–water partition coefficient (Wildman–Crippen LogP) is 4.18. The van der Waals surface area contributed by atoms with Gasteiger partial charge in [-0.3, -0.25) is 19.4 Å². The third kappa shape index (κ3) is 7.08. The van der Waals surface area contributed by atoms with Gasteiger partial charge >= 0.3 is 11.8 Å². The Morgan fingerprint density at radius 3 is 2.44 bits per heavy atom. The number of aromatic nitrogens is 4. The Morgan fingerprint density at radius 2 is 1.70 bits per heavy atom. The number of aryl methyl sites for hydroxylation is 1. The zero-order chi connectivity index (χ0) is 30.6. The predicted molar refractivity (Wildman–Crippen MR) is 162 cm³/mol. The number of nitrogens with two attached hydrogens (primary N) is 1. The SMILES string of the molecule is Cc1nnc(C(=O)NC(C)(C)c2cc(-c3cccc(-c4csc(NC(=O)CNC(=O)c5ccc(N)cc5)n4)c3)ccn2)o1. The summed E-state index contributed by atoms with van der Waals surface area (Å²) in [6.45, 7) is 5.09. The third-order valence-corrected chi connectivity index (χ3v) is 7.13. The molecule has 12 nitrogen and oxygen atoms in total. The highest BCUT2D eigenvalue weighted by Crippen LogP contribution is 2.30. The molecule has 5 N–H and O–H groups in total. The minimum atomic E-state index is -0.830. The van der Waals surface area contributed by atoms with Crippen LogP contribution in [0.2, 0.25) is 0 Å².